The van der Waals surface area contributed by atoms with Gasteiger partial charge in [0.15, 0.2) is 0 Å². The van der Waals surface area contributed by atoms with E-state index < -0.39 is 5.54 Å². The Balaban J connectivity index is 1.43. The molecule has 2 fully saturated rings. The number of nitrogens with zero attached hydrogens (tertiary/aromatic N) is 4. The third-order valence-corrected chi connectivity index (χ3v) is 6.54. The highest BCUT2D eigenvalue weighted by Gasteiger charge is 2.48. The van der Waals surface area contributed by atoms with E-state index in [-0.39, 0.29) is 11.8 Å². The molecule has 0 bridgehead atoms. The Bertz CT molecular complexity index is 845. The van der Waals surface area contributed by atoms with E-state index in [0.29, 0.717) is 45.4 Å². The summed E-state index contributed by atoms with van der Waals surface area (Å²) < 4.78 is 0. The summed E-state index contributed by atoms with van der Waals surface area (Å²) in [6.45, 7) is 5.33. The maximum absolute atomic E-state index is 12.9. The Morgan fingerprint density at radius 2 is 2.07 bits per heavy atom. The Morgan fingerprint density at radius 3 is 2.75 bits per heavy atom. The third kappa shape index (κ3) is 3.79. The molecule has 2 amide bonds. The summed E-state index contributed by atoms with van der Waals surface area (Å²) in [5.41, 5.74) is 1.26. The van der Waals surface area contributed by atoms with Crippen molar-refractivity contribution in [2.45, 2.75) is 38.3 Å². The number of likely N-dealkylation sites (tertiary alicyclic amines) is 1. The number of piperidine rings is 1. The Hall–Kier alpha value is -2.32. The standard InChI is InChI=1S/C20H25N5O2S/c1-15-23-17(14-28-15)13-25-11-8-22-19(27)20(25)5-9-24(10-6-20)18(26)12-16-4-2-3-7-21-16/h2-4,7,14H,5-6,8-13H2,1H3,(H,22,27). The number of aryl methyl sites for hydroxylation is 1. The molecular weight excluding hydrogens is 374 g/mol. The molecule has 0 unspecified atom stereocenters. The predicted octanol–water partition coefficient (Wildman–Crippen LogP) is 1.38. The Kier molecular flexibility index (Phi) is 5.41. The van der Waals surface area contributed by atoms with E-state index in [1.54, 1.807) is 17.5 Å². The SMILES string of the molecule is Cc1nc(CN2CCNC(=O)C23CCN(C(=O)Cc2ccccn2)CC3)cs1. The fraction of sp³-hybridized carbons (Fsp3) is 0.500. The molecule has 2 aromatic rings. The monoisotopic (exact) mass is 399 g/mol. The number of nitrogens with one attached hydrogen (secondary N) is 1. The lowest BCUT2D eigenvalue weighted by Gasteiger charge is -2.49. The van der Waals surface area contributed by atoms with Crippen LogP contribution in [0, 0.1) is 6.92 Å². The number of aromatic nitrogens is 2. The third-order valence-electron chi connectivity index (χ3n) is 5.72. The first-order valence-electron chi connectivity index (χ1n) is 9.69. The molecule has 2 saturated heterocycles. The van der Waals surface area contributed by atoms with Gasteiger partial charge in [-0.2, -0.15) is 0 Å². The molecule has 7 nitrogen and oxygen atoms in total. The number of hydrogen-bond donors (Lipinski definition) is 1. The minimum atomic E-state index is -0.544. The van der Waals surface area contributed by atoms with E-state index in [9.17, 15) is 9.59 Å². The van der Waals surface area contributed by atoms with Crippen LogP contribution in [0.2, 0.25) is 0 Å². The molecule has 0 aliphatic carbocycles. The second-order valence-electron chi connectivity index (χ2n) is 7.45. The number of pyridine rings is 1. The average molecular weight is 400 g/mol. The Morgan fingerprint density at radius 1 is 1.25 bits per heavy atom. The van der Waals surface area contributed by atoms with Crippen molar-refractivity contribution in [2.75, 3.05) is 26.2 Å². The maximum atomic E-state index is 12.9. The van der Waals surface area contributed by atoms with Crippen LogP contribution < -0.4 is 5.32 Å². The molecule has 0 atom stereocenters. The average Bonchev–Trinajstić information content (AvgIpc) is 3.12. The molecule has 148 valence electrons. The zero-order valence-corrected chi connectivity index (χ0v) is 16.9. The van der Waals surface area contributed by atoms with Crippen molar-refractivity contribution < 1.29 is 9.59 Å². The van der Waals surface area contributed by atoms with Gasteiger partial charge in [0.1, 0.15) is 5.54 Å². The van der Waals surface area contributed by atoms with Crippen LogP contribution in [-0.2, 0) is 22.6 Å². The number of hydrogen-bond acceptors (Lipinski definition) is 6. The van der Waals surface area contributed by atoms with E-state index in [4.69, 9.17) is 0 Å². The molecule has 4 rings (SSSR count). The molecule has 4 heterocycles. The van der Waals surface area contributed by atoms with Crippen molar-refractivity contribution in [1.82, 2.24) is 25.1 Å². The van der Waals surface area contributed by atoms with Gasteiger partial charge in [-0.05, 0) is 31.9 Å². The number of carbonyl (C=O) groups is 2. The van der Waals surface area contributed by atoms with Crippen molar-refractivity contribution in [1.29, 1.82) is 0 Å². The summed E-state index contributed by atoms with van der Waals surface area (Å²) in [5, 5.41) is 6.15. The van der Waals surface area contributed by atoms with Crippen LogP contribution >= 0.6 is 11.3 Å². The number of rotatable bonds is 4. The fourth-order valence-corrected chi connectivity index (χ4v) is 4.78. The molecule has 1 N–H and O–H groups in total. The molecule has 2 aliphatic rings. The number of carbonyl (C=O) groups excluding carboxylic acids is 2. The number of piperazine rings is 1. The summed E-state index contributed by atoms with van der Waals surface area (Å²) in [7, 11) is 0. The molecule has 0 saturated carbocycles. The zero-order valence-electron chi connectivity index (χ0n) is 16.1. The second-order valence-corrected chi connectivity index (χ2v) is 8.51. The van der Waals surface area contributed by atoms with Crippen molar-refractivity contribution in [3.05, 3.63) is 46.2 Å². The van der Waals surface area contributed by atoms with Crippen molar-refractivity contribution in [2.24, 2.45) is 0 Å². The van der Waals surface area contributed by atoms with Crippen LogP contribution in [0.25, 0.3) is 0 Å². The van der Waals surface area contributed by atoms with Crippen LogP contribution in [0.3, 0.4) is 0 Å². The minimum absolute atomic E-state index is 0.0754. The van der Waals surface area contributed by atoms with Crippen LogP contribution in [0.4, 0.5) is 0 Å². The van der Waals surface area contributed by atoms with Crippen LogP contribution in [0.5, 0.6) is 0 Å². The van der Waals surface area contributed by atoms with E-state index in [2.05, 4.69) is 25.6 Å². The first-order valence-corrected chi connectivity index (χ1v) is 10.6. The quantitative estimate of drug-likeness (QED) is 0.840. The lowest BCUT2D eigenvalue weighted by Crippen LogP contribution is -2.68. The van der Waals surface area contributed by atoms with Gasteiger partial charge in [0.2, 0.25) is 11.8 Å². The normalized spacial score (nSPS) is 19.6. The summed E-state index contributed by atoms with van der Waals surface area (Å²) in [4.78, 5) is 38.5. The van der Waals surface area contributed by atoms with Gasteiger partial charge < -0.3 is 10.2 Å². The summed E-state index contributed by atoms with van der Waals surface area (Å²) in [6.07, 6.45) is 3.31. The van der Waals surface area contributed by atoms with Gasteiger partial charge in [0.05, 0.1) is 17.1 Å². The number of thiazole rings is 1. The number of amides is 2. The van der Waals surface area contributed by atoms with Crippen LogP contribution in [-0.4, -0.2) is 63.3 Å². The summed E-state index contributed by atoms with van der Waals surface area (Å²) >= 11 is 1.64. The van der Waals surface area contributed by atoms with Crippen LogP contribution in [0.1, 0.15) is 29.2 Å². The molecule has 1 spiro atoms. The maximum Gasteiger partial charge on any atom is 0.240 e. The molecule has 2 aromatic heterocycles. The van der Waals surface area contributed by atoms with Gasteiger partial charge in [-0.3, -0.25) is 19.5 Å². The lowest BCUT2D eigenvalue weighted by atomic mass is 9.83. The van der Waals surface area contributed by atoms with Crippen LogP contribution in [0.15, 0.2) is 29.8 Å². The first kappa shape index (κ1) is 19.0. The molecule has 8 heteroatoms. The van der Waals surface area contributed by atoms with E-state index in [0.717, 1.165) is 22.9 Å². The second kappa shape index (κ2) is 7.97. The van der Waals surface area contributed by atoms with E-state index in [1.165, 1.54) is 0 Å². The smallest absolute Gasteiger partial charge is 0.240 e. The Labute approximate surface area is 168 Å². The van der Waals surface area contributed by atoms with Gasteiger partial charge in [0.25, 0.3) is 0 Å². The highest BCUT2D eigenvalue weighted by Crippen LogP contribution is 2.33. The first-order chi connectivity index (χ1) is 13.6. The zero-order chi connectivity index (χ0) is 19.6. The van der Waals surface area contributed by atoms with Crippen molar-refractivity contribution in [3.63, 3.8) is 0 Å². The van der Waals surface area contributed by atoms with E-state index in [1.807, 2.05) is 30.0 Å². The van der Waals surface area contributed by atoms with Gasteiger partial charge in [-0.1, -0.05) is 6.07 Å². The van der Waals surface area contributed by atoms with E-state index >= 15 is 0 Å². The van der Waals surface area contributed by atoms with Crippen molar-refractivity contribution in [3.8, 4) is 0 Å². The highest BCUT2D eigenvalue weighted by atomic mass is 32.1. The molecular formula is C20H25N5O2S. The largest absolute Gasteiger partial charge is 0.353 e. The molecule has 2 aliphatic heterocycles. The molecule has 0 radical (unpaired) electrons. The molecule has 0 aromatic carbocycles. The summed E-state index contributed by atoms with van der Waals surface area (Å²) in [6, 6.07) is 5.61. The van der Waals surface area contributed by atoms with Gasteiger partial charge in [0, 0.05) is 50.0 Å². The van der Waals surface area contributed by atoms with Gasteiger partial charge >= 0.3 is 0 Å². The lowest BCUT2D eigenvalue weighted by molar-refractivity contribution is -0.146. The molecule has 28 heavy (non-hydrogen) atoms. The fourth-order valence-electron chi connectivity index (χ4n) is 4.17. The predicted molar refractivity (Wildman–Crippen MR) is 107 cm³/mol. The summed E-state index contributed by atoms with van der Waals surface area (Å²) in [5.74, 6) is 0.161. The van der Waals surface area contributed by atoms with Gasteiger partial charge in [-0.15, -0.1) is 11.3 Å². The van der Waals surface area contributed by atoms with Crippen molar-refractivity contribution >= 4 is 23.2 Å². The highest BCUT2D eigenvalue weighted by molar-refractivity contribution is 7.09. The van der Waals surface area contributed by atoms with Gasteiger partial charge in [-0.25, -0.2) is 4.98 Å². The topological polar surface area (TPSA) is 78.4 Å². The minimum Gasteiger partial charge on any atom is -0.353 e.